The molecule has 0 amide bonds. The Bertz CT molecular complexity index is 269. The quantitative estimate of drug-likeness (QED) is 0.862. The third-order valence-electron chi connectivity index (χ3n) is 1.70. The number of halogens is 1. The zero-order chi connectivity index (χ0) is 9.68. The van der Waals surface area contributed by atoms with Crippen molar-refractivity contribution in [3.8, 4) is 0 Å². The fourth-order valence-electron chi connectivity index (χ4n) is 1.07. The van der Waals surface area contributed by atoms with E-state index >= 15 is 0 Å². The lowest BCUT2D eigenvalue weighted by atomic mass is 10.4. The minimum absolute atomic E-state index is 0.129. The predicted molar refractivity (Wildman–Crippen MR) is 54.7 cm³/mol. The number of aromatic nitrogens is 2. The third-order valence-corrected chi connectivity index (χ3v) is 2.26. The van der Waals surface area contributed by atoms with Gasteiger partial charge in [-0.1, -0.05) is 0 Å². The van der Waals surface area contributed by atoms with Gasteiger partial charge >= 0.3 is 0 Å². The molecule has 1 N–H and O–H groups in total. The number of hydrogen-bond donors (Lipinski definition) is 1. The summed E-state index contributed by atoms with van der Waals surface area (Å²) in [5, 5.41) is 8.82. The van der Waals surface area contributed by atoms with Gasteiger partial charge in [-0.15, -0.1) is 0 Å². The van der Waals surface area contributed by atoms with Gasteiger partial charge in [0.1, 0.15) is 12.1 Å². The fraction of sp³-hybridized carbons (Fsp3) is 0.500. The van der Waals surface area contributed by atoms with E-state index in [1.54, 1.807) is 6.20 Å². The molecule has 1 aromatic heterocycles. The monoisotopic (exact) mass is 245 g/mol. The number of rotatable bonds is 4. The van der Waals surface area contributed by atoms with E-state index in [-0.39, 0.29) is 6.61 Å². The average molecular weight is 246 g/mol. The first-order valence-corrected chi connectivity index (χ1v) is 4.90. The Labute approximate surface area is 85.8 Å². The number of hydrogen-bond acceptors (Lipinski definition) is 4. The van der Waals surface area contributed by atoms with Gasteiger partial charge < -0.3 is 10.0 Å². The molecule has 0 saturated carbocycles. The second kappa shape index (κ2) is 5.14. The standard InChI is InChI=1S/C8H12BrN3O/c1-2-12(3-4-13)8-7(9)5-10-6-11-8/h5-6,13H,2-4H2,1H3. The van der Waals surface area contributed by atoms with Crippen molar-refractivity contribution in [1.29, 1.82) is 0 Å². The highest BCUT2D eigenvalue weighted by Gasteiger charge is 2.08. The predicted octanol–water partition coefficient (Wildman–Crippen LogP) is 1.06. The van der Waals surface area contributed by atoms with E-state index in [1.807, 2.05) is 11.8 Å². The molecule has 13 heavy (non-hydrogen) atoms. The number of anilines is 1. The summed E-state index contributed by atoms with van der Waals surface area (Å²) in [6, 6.07) is 0. The van der Waals surface area contributed by atoms with Crippen molar-refractivity contribution >= 4 is 21.7 Å². The number of likely N-dealkylation sites (N-methyl/N-ethyl adjacent to an activating group) is 1. The highest BCUT2D eigenvalue weighted by Crippen LogP contribution is 2.21. The number of aliphatic hydroxyl groups excluding tert-OH is 1. The third kappa shape index (κ3) is 2.63. The summed E-state index contributed by atoms with van der Waals surface area (Å²) in [7, 11) is 0. The zero-order valence-corrected chi connectivity index (χ0v) is 9.03. The second-order valence-electron chi connectivity index (χ2n) is 2.50. The maximum atomic E-state index is 8.82. The van der Waals surface area contributed by atoms with Gasteiger partial charge in [-0.2, -0.15) is 0 Å². The van der Waals surface area contributed by atoms with Crippen LogP contribution in [0.5, 0.6) is 0 Å². The molecule has 0 unspecified atom stereocenters. The minimum atomic E-state index is 0.129. The van der Waals surface area contributed by atoms with Crippen LogP contribution in [-0.2, 0) is 0 Å². The molecular formula is C8H12BrN3O. The van der Waals surface area contributed by atoms with Crippen LogP contribution in [0.25, 0.3) is 0 Å². The van der Waals surface area contributed by atoms with E-state index in [1.165, 1.54) is 6.33 Å². The van der Waals surface area contributed by atoms with Crippen molar-refractivity contribution in [3.05, 3.63) is 17.0 Å². The van der Waals surface area contributed by atoms with Crippen molar-refractivity contribution in [2.45, 2.75) is 6.92 Å². The van der Waals surface area contributed by atoms with Crippen LogP contribution in [0.1, 0.15) is 6.92 Å². The molecule has 0 saturated heterocycles. The number of nitrogens with zero attached hydrogens (tertiary/aromatic N) is 3. The molecule has 0 aromatic carbocycles. The van der Waals surface area contributed by atoms with Crippen LogP contribution < -0.4 is 4.90 Å². The van der Waals surface area contributed by atoms with Crippen molar-refractivity contribution < 1.29 is 5.11 Å². The Morgan fingerprint density at radius 2 is 2.38 bits per heavy atom. The van der Waals surface area contributed by atoms with Crippen molar-refractivity contribution in [2.75, 3.05) is 24.6 Å². The van der Waals surface area contributed by atoms with E-state index in [9.17, 15) is 0 Å². The molecule has 0 aliphatic rings. The Balaban J connectivity index is 2.84. The van der Waals surface area contributed by atoms with Crippen LogP contribution >= 0.6 is 15.9 Å². The lowest BCUT2D eigenvalue weighted by Gasteiger charge is -2.21. The van der Waals surface area contributed by atoms with Crippen LogP contribution in [-0.4, -0.2) is 34.8 Å². The second-order valence-corrected chi connectivity index (χ2v) is 3.35. The molecule has 4 nitrogen and oxygen atoms in total. The van der Waals surface area contributed by atoms with Gasteiger partial charge in [-0.3, -0.25) is 0 Å². The topological polar surface area (TPSA) is 49.2 Å². The first kappa shape index (κ1) is 10.4. The minimum Gasteiger partial charge on any atom is -0.395 e. The average Bonchev–Trinajstić information content (AvgIpc) is 2.16. The van der Waals surface area contributed by atoms with E-state index in [4.69, 9.17) is 5.11 Å². The number of aliphatic hydroxyl groups is 1. The highest BCUT2D eigenvalue weighted by atomic mass is 79.9. The molecule has 0 aliphatic carbocycles. The largest absolute Gasteiger partial charge is 0.395 e. The first-order chi connectivity index (χ1) is 6.29. The lowest BCUT2D eigenvalue weighted by Crippen LogP contribution is -2.27. The molecule has 0 aliphatic heterocycles. The molecule has 1 rings (SSSR count). The first-order valence-electron chi connectivity index (χ1n) is 4.11. The van der Waals surface area contributed by atoms with Gasteiger partial charge in [0, 0.05) is 19.3 Å². The van der Waals surface area contributed by atoms with Gasteiger partial charge in [0.05, 0.1) is 11.1 Å². The van der Waals surface area contributed by atoms with Crippen molar-refractivity contribution in [3.63, 3.8) is 0 Å². The van der Waals surface area contributed by atoms with Crippen molar-refractivity contribution in [2.24, 2.45) is 0 Å². The molecule has 0 fully saturated rings. The molecule has 0 spiro atoms. The molecule has 0 bridgehead atoms. The van der Waals surface area contributed by atoms with E-state index < -0.39 is 0 Å². The Morgan fingerprint density at radius 1 is 1.62 bits per heavy atom. The highest BCUT2D eigenvalue weighted by molar-refractivity contribution is 9.10. The maximum absolute atomic E-state index is 8.82. The van der Waals surface area contributed by atoms with Crippen LogP contribution in [0.4, 0.5) is 5.82 Å². The van der Waals surface area contributed by atoms with Crippen LogP contribution in [0, 0.1) is 0 Å². The Kier molecular flexibility index (Phi) is 4.11. The maximum Gasteiger partial charge on any atom is 0.146 e. The lowest BCUT2D eigenvalue weighted by molar-refractivity contribution is 0.302. The Hall–Kier alpha value is -0.680. The SMILES string of the molecule is CCN(CCO)c1ncncc1Br. The van der Waals surface area contributed by atoms with Crippen LogP contribution in [0.2, 0.25) is 0 Å². The Morgan fingerprint density at radius 3 is 2.92 bits per heavy atom. The molecule has 72 valence electrons. The summed E-state index contributed by atoms with van der Waals surface area (Å²) >= 11 is 3.36. The molecule has 1 aromatic rings. The van der Waals surface area contributed by atoms with Gasteiger partial charge in [0.2, 0.25) is 0 Å². The van der Waals surface area contributed by atoms with E-state index in [0.717, 1.165) is 16.8 Å². The zero-order valence-electron chi connectivity index (χ0n) is 7.44. The molecule has 1 heterocycles. The molecule has 0 radical (unpaired) electrons. The van der Waals surface area contributed by atoms with E-state index in [0.29, 0.717) is 6.54 Å². The summed E-state index contributed by atoms with van der Waals surface area (Å²) < 4.78 is 0.852. The fourth-order valence-corrected chi connectivity index (χ4v) is 1.54. The van der Waals surface area contributed by atoms with Gasteiger partial charge in [0.15, 0.2) is 0 Å². The summed E-state index contributed by atoms with van der Waals surface area (Å²) in [5.74, 6) is 0.826. The van der Waals surface area contributed by atoms with E-state index in [2.05, 4.69) is 25.9 Å². The summed E-state index contributed by atoms with van der Waals surface area (Å²) in [6.45, 7) is 3.55. The normalized spacial score (nSPS) is 10.1. The molecule has 0 atom stereocenters. The molecular weight excluding hydrogens is 234 g/mol. The van der Waals surface area contributed by atoms with Gasteiger partial charge in [-0.05, 0) is 22.9 Å². The summed E-state index contributed by atoms with van der Waals surface area (Å²) in [4.78, 5) is 9.98. The van der Waals surface area contributed by atoms with Gasteiger partial charge in [-0.25, -0.2) is 9.97 Å². The van der Waals surface area contributed by atoms with Crippen LogP contribution in [0.15, 0.2) is 17.0 Å². The smallest absolute Gasteiger partial charge is 0.146 e. The summed E-state index contributed by atoms with van der Waals surface area (Å²) in [5.41, 5.74) is 0. The van der Waals surface area contributed by atoms with Gasteiger partial charge in [0.25, 0.3) is 0 Å². The van der Waals surface area contributed by atoms with Crippen molar-refractivity contribution in [1.82, 2.24) is 9.97 Å². The molecule has 5 heteroatoms. The summed E-state index contributed by atoms with van der Waals surface area (Å²) in [6.07, 6.45) is 3.20. The van der Waals surface area contributed by atoms with Crippen LogP contribution in [0.3, 0.4) is 0 Å².